The van der Waals surface area contributed by atoms with E-state index in [9.17, 15) is 9.59 Å². The smallest absolute Gasteiger partial charge is 0.250 e. The van der Waals surface area contributed by atoms with E-state index >= 15 is 0 Å². The third-order valence-corrected chi connectivity index (χ3v) is 5.22. The lowest BCUT2D eigenvalue weighted by molar-refractivity contribution is -0.125. The van der Waals surface area contributed by atoms with Gasteiger partial charge in [0, 0.05) is 44.7 Å². The molecule has 2 amide bonds. The number of ether oxygens (including phenoxy) is 1. The van der Waals surface area contributed by atoms with Crippen molar-refractivity contribution in [1.82, 2.24) is 4.57 Å². The molecule has 0 unspecified atom stereocenters. The van der Waals surface area contributed by atoms with Gasteiger partial charge >= 0.3 is 0 Å². The van der Waals surface area contributed by atoms with Gasteiger partial charge in [-0.1, -0.05) is 29.8 Å². The Labute approximate surface area is 184 Å². The van der Waals surface area contributed by atoms with Crippen molar-refractivity contribution in [3.63, 3.8) is 0 Å². The Balaban J connectivity index is 1.35. The SMILES string of the molecule is CCn1c2ccccc2c2cc(NC(=O)COCC(=O)Nc3ccc(Cl)cc3)ccc21. The van der Waals surface area contributed by atoms with Gasteiger partial charge in [0.2, 0.25) is 11.8 Å². The number of hydrogen-bond acceptors (Lipinski definition) is 3. The van der Waals surface area contributed by atoms with Crippen LogP contribution in [0.2, 0.25) is 5.02 Å². The van der Waals surface area contributed by atoms with Crippen LogP contribution in [0.25, 0.3) is 21.8 Å². The number of carbonyl (C=O) groups is 2. The van der Waals surface area contributed by atoms with E-state index in [-0.39, 0.29) is 25.0 Å². The zero-order valence-electron chi connectivity index (χ0n) is 17.0. The van der Waals surface area contributed by atoms with Crippen LogP contribution >= 0.6 is 11.6 Å². The lowest BCUT2D eigenvalue weighted by Crippen LogP contribution is -2.23. The number of para-hydroxylation sites is 1. The van der Waals surface area contributed by atoms with Crippen molar-refractivity contribution in [2.45, 2.75) is 13.5 Å². The summed E-state index contributed by atoms with van der Waals surface area (Å²) in [6, 6.07) is 20.8. The lowest BCUT2D eigenvalue weighted by atomic mass is 10.1. The molecule has 0 atom stereocenters. The molecule has 158 valence electrons. The van der Waals surface area contributed by atoms with Crippen LogP contribution in [0.15, 0.2) is 66.7 Å². The van der Waals surface area contributed by atoms with Crippen molar-refractivity contribution in [1.29, 1.82) is 0 Å². The third kappa shape index (κ3) is 4.71. The molecular formula is C24H22ClN3O3. The van der Waals surface area contributed by atoms with E-state index < -0.39 is 0 Å². The van der Waals surface area contributed by atoms with Crippen LogP contribution in [0.5, 0.6) is 0 Å². The molecule has 0 spiro atoms. The van der Waals surface area contributed by atoms with Gasteiger partial charge in [0.1, 0.15) is 13.2 Å². The molecule has 1 heterocycles. The summed E-state index contributed by atoms with van der Waals surface area (Å²) in [7, 11) is 0. The summed E-state index contributed by atoms with van der Waals surface area (Å²) < 4.78 is 7.50. The second kappa shape index (κ2) is 9.20. The molecule has 0 aliphatic heterocycles. The summed E-state index contributed by atoms with van der Waals surface area (Å²) >= 11 is 5.82. The zero-order chi connectivity index (χ0) is 21.8. The predicted octanol–water partition coefficient (Wildman–Crippen LogP) is 5.06. The van der Waals surface area contributed by atoms with E-state index in [4.69, 9.17) is 16.3 Å². The van der Waals surface area contributed by atoms with E-state index in [1.807, 2.05) is 30.3 Å². The highest BCUT2D eigenvalue weighted by Gasteiger charge is 2.11. The Hall–Kier alpha value is -3.35. The maximum Gasteiger partial charge on any atom is 0.250 e. The van der Waals surface area contributed by atoms with Gasteiger partial charge < -0.3 is 19.9 Å². The number of carbonyl (C=O) groups excluding carboxylic acids is 2. The molecule has 4 aromatic rings. The number of anilines is 2. The first-order chi connectivity index (χ1) is 15.0. The predicted molar refractivity (Wildman–Crippen MR) is 125 cm³/mol. The van der Waals surface area contributed by atoms with E-state index in [1.54, 1.807) is 24.3 Å². The number of nitrogens with one attached hydrogen (secondary N) is 2. The number of benzene rings is 3. The van der Waals surface area contributed by atoms with Crippen LogP contribution in [0, 0.1) is 0 Å². The minimum Gasteiger partial charge on any atom is -0.362 e. The molecule has 0 aliphatic rings. The number of aryl methyl sites for hydroxylation is 1. The lowest BCUT2D eigenvalue weighted by Gasteiger charge is -2.08. The molecule has 0 aliphatic carbocycles. The molecule has 0 fully saturated rings. The third-order valence-electron chi connectivity index (χ3n) is 4.97. The molecule has 0 saturated heterocycles. The van der Waals surface area contributed by atoms with Crippen molar-refractivity contribution in [2.75, 3.05) is 23.8 Å². The Bertz CT molecular complexity index is 1250. The maximum absolute atomic E-state index is 12.3. The Kier molecular flexibility index (Phi) is 6.21. The quantitative estimate of drug-likeness (QED) is 0.426. The first-order valence-electron chi connectivity index (χ1n) is 9.99. The minimum absolute atomic E-state index is 0.219. The number of nitrogens with zero attached hydrogens (tertiary/aromatic N) is 1. The highest BCUT2D eigenvalue weighted by molar-refractivity contribution is 6.30. The molecule has 0 radical (unpaired) electrons. The summed E-state index contributed by atoms with van der Waals surface area (Å²) in [5, 5.41) is 8.33. The van der Waals surface area contributed by atoms with Crippen LogP contribution in [0.4, 0.5) is 11.4 Å². The summed E-state index contributed by atoms with van der Waals surface area (Å²) in [5.74, 6) is -0.665. The van der Waals surface area contributed by atoms with Gasteiger partial charge in [-0.05, 0) is 55.5 Å². The van der Waals surface area contributed by atoms with Crippen LogP contribution in [-0.2, 0) is 20.9 Å². The highest BCUT2D eigenvalue weighted by atomic mass is 35.5. The van der Waals surface area contributed by atoms with Crippen molar-refractivity contribution in [2.24, 2.45) is 0 Å². The summed E-state index contributed by atoms with van der Waals surface area (Å²) in [6.45, 7) is 2.53. The van der Waals surface area contributed by atoms with E-state index in [0.29, 0.717) is 16.4 Å². The van der Waals surface area contributed by atoms with Gasteiger partial charge in [-0.15, -0.1) is 0 Å². The normalized spacial score (nSPS) is 11.0. The van der Waals surface area contributed by atoms with E-state index in [1.165, 1.54) is 5.52 Å². The molecule has 31 heavy (non-hydrogen) atoms. The van der Waals surface area contributed by atoms with E-state index in [0.717, 1.165) is 22.8 Å². The molecule has 1 aromatic heterocycles. The zero-order valence-corrected chi connectivity index (χ0v) is 17.8. The molecule has 2 N–H and O–H groups in total. The van der Waals surface area contributed by atoms with Gasteiger partial charge in [-0.25, -0.2) is 0 Å². The van der Waals surface area contributed by atoms with Crippen molar-refractivity contribution in [3.8, 4) is 0 Å². The van der Waals surface area contributed by atoms with Crippen LogP contribution in [0.3, 0.4) is 0 Å². The summed E-state index contributed by atoms with van der Waals surface area (Å²) in [5.41, 5.74) is 3.59. The van der Waals surface area contributed by atoms with Gasteiger partial charge in [-0.3, -0.25) is 9.59 Å². The highest BCUT2D eigenvalue weighted by Crippen LogP contribution is 2.30. The summed E-state index contributed by atoms with van der Waals surface area (Å²) in [4.78, 5) is 24.2. The average molecular weight is 436 g/mol. The fourth-order valence-corrected chi connectivity index (χ4v) is 3.76. The second-order valence-electron chi connectivity index (χ2n) is 7.09. The maximum atomic E-state index is 12.3. The standard InChI is InChI=1S/C24H22ClN3O3/c1-2-28-21-6-4-3-5-19(21)20-13-18(11-12-22(20)28)27-24(30)15-31-14-23(29)26-17-9-7-16(25)8-10-17/h3-13H,2,14-15H2,1H3,(H,26,29)(H,27,30). The fraction of sp³-hybridized carbons (Fsp3) is 0.167. The average Bonchev–Trinajstić information content (AvgIpc) is 3.08. The Morgan fingerprint density at radius 1 is 0.839 bits per heavy atom. The number of hydrogen-bond donors (Lipinski definition) is 2. The first-order valence-corrected chi connectivity index (χ1v) is 10.4. The number of fused-ring (bicyclic) bond motifs is 3. The number of aromatic nitrogens is 1. The molecule has 0 bridgehead atoms. The van der Waals surface area contributed by atoms with Gasteiger partial charge in [0.05, 0.1) is 0 Å². The number of amides is 2. The Morgan fingerprint density at radius 2 is 1.45 bits per heavy atom. The molecule has 6 nitrogen and oxygen atoms in total. The van der Waals surface area contributed by atoms with Crippen molar-refractivity contribution >= 4 is 56.6 Å². The van der Waals surface area contributed by atoms with Crippen LogP contribution in [0.1, 0.15) is 6.92 Å². The molecule has 0 saturated carbocycles. The largest absolute Gasteiger partial charge is 0.362 e. The fourth-order valence-electron chi connectivity index (χ4n) is 3.64. The molecular weight excluding hydrogens is 414 g/mol. The van der Waals surface area contributed by atoms with Gasteiger partial charge in [0.15, 0.2) is 0 Å². The first kappa shape index (κ1) is 20.9. The van der Waals surface area contributed by atoms with Gasteiger partial charge in [-0.2, -0.15) is 0 Å². The molecule has 3 aromatic carbocycles. The number of rotatable bonds is 7. The molecule has 4 rings (SSSR count). The number of halogens is 1. The van der Waals surface area contributed by atoms with E-state index in [2.05, 4.69) is 34.3 Å². The minimum atomic E-state index is -0.344. The van der Waals surface area contributed by atoms with Gasteiger partial charge in [0.25, 0.3) is 0 Å². The topological polar surface area (TPSA) is 72.4 Å². The van der Waals surface area contributed by atoms with Crippen LogP contribution in [-0.4, -0.2) is 29.6 Å². The second-order valence-corrected chi connectivity index (χ2v) is 7.53. The van der Waals surface area contributed by atoms with Crippen molar-refractivity contribution < 1.29 is 14.3 Å². The summed E-state index contributed by atoms with van der Waals surface area (Å²) in [6.07, 6.45) is 0. The van der Waals surface area contributed by atoms with Crippen LogP contribution < -0.4 is 10.6 Å². The monoisotopic (exact) mass is 435 g/mol. The Morgan fingerprint density at radius 3 is 2.16 bits per heavy atom. The molecule has 7 heteroatoms. The van der Waals surface area contributed by atoms with Crippen molar-refractivity contribution in [3.05, 3.63) is 71.8 Å².